The summed E-state index contributed by atoms with van der Waals surface area (Å²) in [7, 11) is 0. The summed E-state index contributed by atoms with van der Waals surface area (Å²) >= 11 is 0. The number of rotatable bonds is 9. The van der Waals surface area contributed by atoms with E-state index in [0.717, 1.165) is 36.7 Å². The molecule has 0 aliphatic rings. The van der Waals surface area contributed by atoms with E-state index in [0.29, 0.717) is 12.2 Å². The van der Waals surface area contributed by atoms with E-state index in [1.807, 2.05) is 38.1 Å². The number of carbonyl (C=O) groups excluding carboxylic acids is 1. The average molecular weight is 284 g/mol. The number of ether oxygens (including phenoxy) is 1. The summed E-state index contributed by atoms with van der Waals surface area (Å²) in [6.07, 6.45) is 6.92. The minimum absolute atomic E-state index is 0.494. The fourth-order valence-corrected chi connectivity index (χ4v) is 1.85. The van der Waals surface area contributed by atoms with Crippen molar-refractivity contribution in [3.63, 3.8) is 0 Å². The van der Waals surface area contributed by atoms with E-state index in [4.69, 9.17) is 4.74 Å². The number of aryl methyl sites for hydroxylation is 1. The van der Waals surface area contributed by atoms with Crippen LogP contribution in [0, 0.1) is 0 Å². The number of hydrogen-bond donors (Lipinski definition) is 0. The van der Waals surface area contributed by atoms with Crippen molar-refractivity contribution in [1.82, 2.24) is 0 Å². The Morgan fingerprint density at radius 1 is 1.24 bits per heavy atom. The zero-order valence-electron chi connectivity index (χ0n) is 13.0. The van der Waals surface area contributed by atoms with E-state index < -0.39 is 0 Å². The molecule has 1 aromatic rings. The van der Waals surface area contributed by atoms with Crippen LogP contribution >= 0.6 is 0 Å². The third-order valence-corrected chi connectivity index (χ3v) is 3.44. The van der Waals surface area contributed by atoms with Crippen molar-refractivity contribution in [2.45, 2.75) is 33.1 Å². The normalized spacial score (nSPS) is 12.6. The van der Waals surface area contributed by atoms with Gasteiger partial charge in [-0.2, -0.15) is 0 Å². The number of aldehydes is 1. The molecule has 2 heteroatoms. The lowest BCUT2D eigenvalue weighted by atomic mass is 10.1. The van der Waals surface area contributed by atoms with Gasteiger partial charge in [0.1, 0.15) is 12.9 Å². The Hall–Kier alpha value is -2.09. The molecule has 112 valence electrons. The van der Waals surface area contributed by atoms with E-state index in [1.165, 1.54) is 5.56 Å². The molecule has 2 nitrogen and oxygen atoms in total. The molecule has 0 saturated carbocycles. The van der Waals surface area contributed by atoms with Gasteiger partial charge in [0.15, 0.2) is 0 Å². The lowest BCUT2D eigenvalue weighted by molar-refractivity contribution is -0.105. The molecule has 0 aliphatic carbocycles. The molecule has 0 heterocycles. The predicted molar refractivity (Wildman–Crippen MR) is 88.1 cm³/mol. The van der Waals surface area contributed by atoms with Crippen LogP contribution < -0.4 is 0 Å². The van der Waals surface area contributed by atoms with E-state index in [2.05, 4.69) is 18.7 Å². The summed E-state index contributed by atoms with van der Waals surface area (Å²) < 4.78 is 5.48. The highest BCUT2D eigenvalue weighted by atomic mass is 16.5. The highest BCUT2D eigenvalue weighted by molar-refractivity contribution is 5.72. The van der Waals surface area contributed by atoms with Crippen molar-refractivity contribution in [1.29, 1.82) is 0 Å². The van der Waals surface area contributed by atoms with Crippen LogP contribution in [-0.2, 0) is 16.0 Å². The molecule has 0 N–H and O–H groups in total. The second-order valence-corrected chi connectivity index (χ2v) is 5.13. The Kier molecular flexibility index (Phi) is 7.88. The van der Waals surface area contributed by atoms with Gasteiger partial charge in [-0.15, -0.1) is 0 Å². The summed E-state index contributed by atoms with van der Waals surface area (Å²) in [6.45, 7) is 8.22. The SMILES string of the molecule is C=CC(C)=C(C)CO/C=C(/C=O)CCCc1ccccc1. The van der Waals surface area contributed by atoms with Crippen LogP contribution in [-0.4, -0.2) is 12.9 Å². The molecule has 0 radical (unpaired) electrons. The molecule has 0 amide bonds. The van der Waals surface area contributed by atoms with Gasteiger partial charge < -0.3 is 4.74 Å². The Bertz CT molecular complexity index is 510. The first-order valence-electron chi connectivity index (χ1n) is 7.26. The summed E-state index contributed by atoms with van der Waals surface area (Å²) in [5.74, 6) is 0. The van der Waals surface area contributed by atoms with E-state index in [-0.39, 0.29) is 0 Å². The standard InChI is InChI=1S/C19H24O2/c1-4-16(2)17(3)14-21-15-19(13-20)12-8-11-18-9-6-5-7-10-18/h4-7,9-10,13,15H,1,8,11-12,14H2,2-3H3/b17-16?,19-15+. The molecule has 1 aromatic carbocycles. The van der Waals surface area contributed by atoms with E-state index >= 15 is 0 Å². The van der Waals surface area contributed by atoms with Crippen molar-refractivity contribution in [2.24, 2.45) is 0 Å². The Balaban J connectivity index is 2.39. The van der Waals surface area contributed by atoms with Crippen LogP contribution in [0.5, 0.6) is 0 Å². The molecular formula is C19H24O2. The van der Waals surface area contributed by atoms with Crippen molar-refractivity contribution >= 4 is 6.29 Å². The summed E-state index contributed by atoms with van der Waals surface area (Å²) in [6, 6.07) is 10.3. The zero-order valence-corrected chi connectivity index (χ0v) is 13.0. The van der Waals surface area contributed by atoms with Crippen molar-refractivity contribution in [3.8, 4) is 0 Å². The lowest BCUT2D eigenvalue weighted by Gasteiger charge is -2.06. The molecular weight excluding hydrogens is 260 g/mol. The number of benzene rings is 1. The quantitative estimate of drug-likeness (QED) is 0.286. The van der Waals surface area contributed by atoms with Crippen LogP contribution in [0.1, 0.15) is 32.3 Å². The van der Waals surface area contributed by atoms with Gasteiger partial charge in [0.2, 0.25) is 0 Å². The predicted octanol–water partition coefficient (Wildman–Crippen LogP) is 4.63. The van der Waals surface area contributed by atoms with Crippen molar-refractivity contribution < 1.29 is 9.53 Å². The van der Waals surface area contributed by atoms with Crippen molar-refractivity contribution in [2.75, 3.05) is 6.61 Å². The van der Waals surface area contributed by atoms with Crippen molar-refractivity contribution in [3.05, 3.63) is 71.5 Å². The topological polar surface area (TPSA) is 26.3 Å². The molecule has 0 fully saturated rings. The Morgan fingerprint density at radius 3 is 2.57 bits per heavy atom. The van der Waals surface area contributed by atoms with Gasteiger partial charge in [-0.1, -0.05) is 43.0 Å². The van der Waals surface area contributed by atoms with Crippen LogP contribution in [0.15, 0.2) is 66.0 Å². The average Bonchev–Trinajstić information content (AvgIpc) is 2.53. The van der Waals surface area contributed by atoms with Gasteiger partial charge in [-0.25, -0.2) is 0 Å². The van der Waals surface area contributed by atoms with Crippen LogP contribution in [0.2, 0.25) is 0 Å². The molecule has 1 rings (SSSR count). The molecule has 0 aromatic heterocycles. The van der Waals surface area contributed by atoms with Crippen LogP contribution in [0.4, 0.5) is 0 Å². The maximum atomic E-state index is 11.0. The Labute approximate surface area is 127 Å². The summed E-state index contributed by atoms with van der Waals surface area (Å²) in [5.41, 5.74) is 4.23. The molecule has 21 heavy (non-hydrogen) atoms. The number of hydrogen-bond acceptors (Lipinski definition) is 2. The van der Waals surface area contributed by atoms with E-state index in [9.17, 15) is 4.79 Å². The first kappa shape index (κ1) is 17.0. The first-order valence-corrected chi connectivity index (χ1v) is 7.26. The highest BCUT2D eigenvalue weighted by Crippen LogP contribution is 2.10. The maximum absolute atomic E-state index is 11.0. The monoisotopic (exact) mass is 284 g/mol. The van der Waals surface area contributed by atoms with Gasteiger partial charge in [0.25, 0.3) is 0 Å². The van der Waals surface area contributed by atoms with Gasteiger partial charge in [0.05, 0.1) is 6.26 Å². The zero-order chi connectivity index (χ0) is 15.5. The first-order chi connectivity index (χ1) is 10.2. The summed E-state index contributed by atoms with van der Waals surface area (Å²) in [5, 5.41) is 0. The molecule has 0 bridgehead atoms. The van der Waals surface area contributed by atoms with Gasteiger partial charge in [-0.3, -0.25) is 4.79 Å². The minimum Gasteiger partial charge on any atom is -0.496 e. The minimum atomic E-state index is 0.494. The molecule has 0 unspecified atom stereocenters. The third-order valence-electron chi connectivity index (χ3n) is 3.44. The molecule has 0 saturated heterocycles. The largest absolute Gasteiger partial charge is 0.496 e. The lowest BCUT2D eigenvalue weighted by Crippen LogP contribution is -1.95. The fraction of sp³-hybridized carbons (Fsp3) is 0.316. The molecule has 0 atom stereocenters. The molecule has 0 aliphatic heterocycles. The second kappa shape index (κ2) is 9.76. The van der Waals surface area contributed by atoms with Gasteiger partial charge >= 0.3 is 0 Å². The van der Waals surface area contributed by atoms with Gasteiger partial charge in [0, 0.05) is 5.57 Å². The molecule has 0 spiro atoms. The maximum Gasteiger partial charge on any atom is 0.149 e. The number of allylic oxidation sites excluding steroid dienone is 3. The van der Waals surface area contributed by atoms with Crippen LogP contribution in [0.3, 0.4) is 0 Å². The van der Waals surface area contributed by atoms with Gasteiger partial charge in [-0.05, 0) is 49.8 Å². The van der Waals surface area contributed by atoms with Crippen LogP contribution in [0.25, 0.3) is 0 Å². The smallest absolute Gasteiger partial charge is 0.149 e. The summed E-state index contributed by atoms with van der Waals surface area (Å²) in [4.78, 5) is 11.0. The highest BCUT2D eigenvalue weighted by Gasteiger charge is 1.99. The van der Waals surface area contributed by atoms with E-state index in [1.54, 1.807) is 6.26 Å². The fourth-order valence-electron chi connectivity index (χ4n) is 1.85. The second-order valence-electron chi connectivity index (χ2n) is 5.13. The Morgan fingerprint density at radius 2 is 1.95 bits per heavy atom. The third kappa shape index (κ3) is 6.75. The number of carbonyl (C=O) groups is 1.